The van der Waals surface area contributed by atoms with E-state index in [-0.39, 0.29) is 15.6 Å². The van der Waals surface area contributed by atoms with Gasteiger partial charge in [0.2, 0.25) is 0 Å². The molecule has 0 aromatic rings. The number of hydrazone groups is 2. The minimum atomic E-state index is 0.199. The molecule has 4 fully saturated rings. The number of hydrogen-bond donors (Lipinski definition) is 4. The van der Waals surface area contributed by atoms with Crippen LogP contribution in [-0.4, -0.2) is 21.6 Å². The molecule has 6 nitrogen and oxygen atoms in total. The molecule has 29 heavy (non-hydrogen) atoms. The van der Waals surface area contributed by atoms with Crippen molar-refractivity contribution in [2.75, 3.05) is 0 Å². The van der Waals surface area contributed by atoms with E-state index in [0.29, 0.717) is 5.41 Å². The summed E-state index contributed by atoms with van der Waals surface area (Å²) in [5.41, 5.74) is 20.0. The normalized spacial score (nSPS) is 43.9. The molecule has 6 atom stereocenters. The van der Waals surface area contributed by atoms with Crippen LogP contribution in [-0.2, 0) is 0 Å². The number of hydrogen-bond acceptors (Lipinski definition) is 4. The molecule has 0 spiro atoms. The molecule has 0 radical (unpaired) electrons. The molecule has 0 aromatic carbocycles. The van der Waals surface area contributed by atoms with E-state index >= 15 is 0 Å². The van der Waals surface area contributed by atoms with Crippen molar-refractivity contribution in [3.8, 4) is 0 Å². The van der Waals surface area contributed by atoms with Crippen LogP contribution < -0.4 is 22.3 Å². The maximum Gasteiger partial charge on any atom is 0.184 e. The topological polar surface area (TPSA) is 101 Å². The SMILES string of the molecule is C[C@]12CCC(=NNC(N)=S)C[C@@H]1CC[C@H]1[C@H]2CC[C@]2(C)C(=NNC(N)=S)CC[C@H]12. The van der Waals surface area contributed by atoms with E-state index in [1.807, 2.05) is 0 Å². The van der Waals surface area contributed by atoms with Gasteiger partial charge in [-0.1, -0.05) is 13.8 Å². The Morgan fingerprint density at radius 2 is 1.66 bits per heavy atom. The lowest BCUT2D eigenvalue weighted by Crippen LogP contribution is -2.53. The van der Waals surface area contributed by atoms with E-state index in [4.69, 9.17) is 35.9 Å². The molecular formula is C21H34N6S2. The Labute approximate surface area is 184 Å². The zero-order chi connectivity index (χ0) is 20.8. The Balaban J connectivity index is 1.51. The molecule has 0 heterocycles. The van der Waals surface area contributed by atoms with E-state index in [1.54, 1.807) is 0 Å². The highest BCUT2D eigenvalue weighted by Crippen LogP contribution is 2.65. The van der Waals surface area contributed by atoms with Crippen molar-refractivity contribution in [2.45, 2.75) is 71.6 Å². The smallest absolute Gasteiger partial charge is 0.184 e. The summed E-state index contributed by atoms with van der Waals surface area (Å²) in [6.45, 7) is 5.00. The molecule has 0 unspecified atom stereocenters. The van der Waals surface area contributed by atoms with Crippen molar-refractivity contribution < 1.29 is 0 Å². The molecule has 0 amide bonds. The molecule has 4 saturated carbocycles. The van der Waals surface area contributed by atoms with E-state index in [9.17, 15) is 0 Å². The van der Waals surface area contributed by atoms with Gasteiger partial charge in [-0.2, -0.15) is 10.2 Å². The van der Waals surface area contributed by atoms with Crippen molar-refractivity contribution in [1.82, 2.24) is 10.9 Å². The molecule has 160 valence electrons. The van der Waals surface area contributed by atoms with Crippen molar-refractivity contribution in [1.29, 1.82) is 0 Å². The van der Waals surface area contributed by atoms with Gasteiger partial charge in [-0.25, -0.2) is 0 Å². The van der Waals surface area contributed by atoms with E-state index in [2.05, 4.69) is 34.9 Å². The average Bonchev–Trinajstić information content (AvgIpc) is 3.01. The fourth-order valence-corrected chi connectivity index (χ4v) is 7.48. The molecule has 0 aromatic heterocycles. The van der Waals surface area contributed by atoms with Gasteiger partial charge in [0.05, 0.1) is 0 Å². The van der Waals surface area contributed by atoms with Gasteiger partial charge in [0, 0.05) is 16.8 Å². The molecule has 0 bridgehead atoms. The predicted molar refractivity (Wildman–Crippen MR) is 126 cm³/mol. The number of rotatable bonds is 2. The Kier molecular flexibility index (Phi) is 5.61. The minimum Gasteiger partial charge on any atom is -0.375 e. The van der Waals surface area contributed by atoms with E-state index in [1.165, 1.54) is 49.9 Å². The maximum atomic E-state index is 5.61. The third kappa shape index (κ3) is 3.67. The van der Waals surface area contributed by atoms with E-state index < -0.39 is 0 Å². The predicted octanol–water partition coefficient (Wildman–Crippen LogP) is 3.41. The van der Waals surface area contributed by atoms with Crippen LogP contribution in [0.3, 0.4) is 0 Å². The fourth-order valence-electron chi connectivity index (χ4n) is 7.39. The lowest BCUT2D eigenvalue weighted by molar-refractivity contribution is -0.0815. The van der Waals surface area contributed by atoms with Gasteiger partial charge in [0.1, 0.15) is 0 Å². The first kappa shape index (κ1) is 21.0. The third-order valence-corrected chi connectivity index (χ3v) is 9.05. The highest BCUT2D eigenvalue weighted by molar-refractivity contribution is 7.80. The highest BCUT2D eigenvalue weighted by Gasteiger charge is 2.59. The summed E-state index contributed by atoms with van der Waals surface area (Å²) in [7, 11) is 0. The second-order valence-electron chi connectivity index (χ2n) is 10.0. The Bertz CT molecular complexity index is 764. The number of nitrogens with zero attached hydrogens (tertiary/aromatic N) is 2. The lowest BCUT2D eigenvalue weighted by Gasteiger charge is -2.59. The van der Waals surface area contributed by atoms with Crippen LogP contribution >= 0.6 is 24.4 Å². The average molecular weight is 435 g/mol. The summed E-state index contributed by atoms with van der Waals surface area (Å²) < 4.78 is 0. The molecule has 8 heteroatoms. The molecule has 4 aliphatic carbocycles. The highest BCUT2D eigenvalue weighted by atomic mass is 32.1. The fraction of sp³-hybridized carbons (Fsp3) is 0.810. The maximum absolute atomic E-state index is 5.61. The van der Waals surface area contributed by atoms with Crippen LogP contribution in [0, 0.1) is 34.5 Å². The third-order valence-electron chi connectivity index (χ3n) is 8.87. The lowest BCUT2D eigenvalue weighted by atomic mass is 9.45. The van der Waals surface area contributed by atoms with Gasteiger partial charge >= 0.3 is 0 Å². The van der Waals surface area contributed by atoms with Crippen LogP contribution in [0.25, 0.3) is 0 Å². The summed E-state index contributed by atoms with van der Waals surface area (Å²) in [4.78, 5) is 0. The summed E-state index contributed by atoms with van der Waals surface area (Å²) >= 11 is 9.86. The molecule has 4 rings (SSSR count). The summed E-state index contributed by atoms with van der Waals surface area (Å²) in [6.07, 6.45) is 10.8. The number of thiocarbonyl (C=S) groups is 2. The second kappa shape index (κ2) is 7.76. The summed E-state index contributed by atoms with van der Waals surface area (Å²) in [6, 6.07) is 0. The van der Waals surface area contributed by atoms with Crippen molar-refractivity contribution in [2.24, 2.45) is 56.2 Å². The molecule has 6 N–H and O–H groups in total. The summed E-state index contributed by atoms with van der Waals surface area (Å²) in [5, 5.41) is 9.61. The van der Waals surface area contributed by atoms with Gasteiger partial charge in [-0.3, -0.25) is 10.9 Å². The Morgan fingerprint density at radius 1 is 0.931 bits per heavy atom. The first-order chi connectivity index (χ1) is 13.7. The first-order valence-electron chi connectivity index (χ1n) is 11.0. The number of nitrogens with two attached hydrogens (primary N) is 2. The quantitative estimate of drug-likeness (QED) is 0.392. The number of fused-ring (bicyclic) bond motifs is 5. The Morgan fingerprint density at radius 3 is 2.38 bits per heavy atom. The monoisotopic (exact) mass is 434 g/mol. The number of nitrogens with one attached hydrogen (secondary N) is 2. The molecule has 4 aliphatic rings. The van der Waals surface area contributed by atoms with Crippen LogP contribution in [0.5, 0.6) is 0 Å². The van der Waals surface area contributed by atoms with Crippen LogP contribution in [0.15, 0.2) is 10.2 Å². The Hall–Kier alpha value is -1.28. The molecule has 0 saturated heterocycles. The van der Waals surface area contributed by atoms with Crippen LogP contribution in [0.1, 0.15) is 71.6 Å². The standard InChI is InChI=1S/C21H34N6S2/c1-20-9-7-13(24-26-18(22)28)11-12(20)3-4-14-15-5-6-17(25-27-19(23)29)21(15,2)10-8-16(14)20/h12,14-16H,3-11H2,1-2H3,(H3,22,26,28)(H3,23,27,29)/t12-,14+,15+,16+,20-,21-/m0/s1. The minimum absolute atomic E-state index is 0.199. The zero-order valence-corrected chi connectivity index (χ0v) is 19.2. The van der Waals surface area contributed by atoms with Gasteiger partial charge in [0.15, 0.2) is 10.2 Å². The molecule has 0 aliphatic heterocycles. The van der Waals surface area contributed by atoms with Gasteiger partial charge < -0.3 is 11.5 Å². The first-order valence-corrected chi connectivity index (χ1v) is 11.8. The van der Waals surface area contributed by atoms with Gasteiger partial charge in [-0.05, 0) is 111 Å². The zero-order valence-electron chi connectivity index (χ0n) is 17.5. The van der Waals surface area contributed by atoms with E-state index in [0.717, 1.165) is 42.9 Å². The summed E-state index contributed by atoms with van der Waals surface area (Å²) in [5.74, 6) is 3.07. The van der Waals surface area contributed by atoms with Crippen LogP contribution in [0.4, 0.5) is 0 Å². The van der Waals surface area contributed by atoms with Gasteiger partial charge in [0.25, 0.3) is 0 Å². The second-order valence-corrected chi connectivity index (χ2v) is 10.9. The largest absolute Gasteiger partial charge is 0.375 e. The van der Waals surface area contributed by atoms with Crippen molar-refractivity contribution >= 4 is 46.1 Å². The van der Waals surface area contributed by atoms with Crippen molar-refractivity contribution in [3.05, 3.63) is 0 Å². The van der Waals surface area contributed by atoms with Crippen molar-refractivity contribution in [3.63, 3.8) is 0 Å². The van der Waals surface area contributed by atoms with Gasteiger partial charge in [-0.15, -0.1) is 0 Å². The molecular weight excluding hydrogens is 400 g/mol. The van der Waals surface area contributed by atoms with Crippen LogP contribution in [0.2, 0.25) is 0 Å².